The van der Waals surface area contributed by atoms with Crippen molar-refractivity contribution in [2.75, 3.05) is 42.7 Å². The van der Waals surface area contributed by atoms with Gasteiger partial charge in [-0.25, -0.2) is 0 Å². The predicted octanol–water partition coefficient (Wildman–Crippen LogP) is 4.21. The van der Waals surface area contributed by atoms with Crippen LogP contribution in [0.1, 0.15) is 55.9 Å². The number of aryl methyl sites for hydroxylation is 2. The van der Waals surface area contributed by atoms with Gasteiger partial charge in [0.15, 0.2) is 0 Å². The van der Waals surface area contributed by atoms with Crippen molar-refractivity contribution in [3.05, 3.63) is 95.3 Å². The van der Waals surface area contributed by atoms with E-state index in [1.807, 2.05) is 62.3 Å². The van der Waals surface area contributed by atoms with Crippen molar-refractivity contribution in [1.29, 1.82) is 5.41 Å². The van der Waals surface area contributed by atoms with E-state index in [9.17, 15) is 14.4 Å². The highest BCUT2D eigenvalue weighted by molar-refractivity contribution is 6.07. The summed E-state index contributed by atoms with van der Waals surface area (Å²) in [7, 11) is 7.41. The Morgan fingerprint density at radius 1 is 0.844 bits per heavy atom. The Balaban J connectivity index is 1.32. The van der Waals surface area contributed by atoms with E-state index in [0.717, 1.165) is 11.3 Å². The van der Waals surface area contributed by atoms with Gasteiger partial charge in [-0.3, -0.25) is 24.8 Å². The summed E-state index contributed by atoms with van der Waals surface area (Å²) in [6.07, 6.45) is 9.04. The zero-order valence-electron chi connectivity index (χ0n) is 26.1. The molecule has 0 unspecified atom stereocenters. The summed E-state index contributed by atoms with van der Waals surface area (Å²) in [4.78, 5) is 45.0. The molecule has 0 spiro atoms. The van der Waals surface area contributed by atoms with Crippen molar-refractivity contribution < 1.29 is 14.4 Å². The molecule has 0 aliphatic heterocycles. The Kier molecular flexibility index (Phi) is 10.5. The second-order valence-corrected chi connectivity index (χ2v) is 10.7. The van der Waals surface area contributed by atoms with E-state index in [1.165, 1.54) is 6.20 Å². The Labute approximate surface area is 262 Å². The number of benzene rings is 1. The van der Waals surface area contributed by atoms with Crippen molar-refractivity contribution in [3.63, 3.8) is 0 Å². The summed E-state index contributed by atoms with van der Waals surface area (Å²) < 4.78 is 3.23. The molecule has 0 aliphatic carbocycles. The van der Waals surface area contributed by atoms with Crippen molar-refractivity contribution in [3.8, 4) is 0 Å². The molecule has 3 amide bonds. The third-order valence-corrected chi connectivity index (χ3v) is 6.95. The molecule has 0 fully saturated rings. The zero-order valence-corrected chi connectivity index (χ0v) is 26.1. The molecule has 3 heterocycles. The predicted molar refractivity (Wildman–Crippen MR) is 179 cm³/mol. The number of rotatable bonds is 12. The SMILES string of the molecule is CCNC(=N)CCNC(=O)c1cc(NC(=O)c2cc(NC(=O)c3ccc(/C=C/c4ccc(N(C)C)cc4)nc3)cn2C)cn1C. The molecule has 12 nitrogen and oxygen atoms in total. The molecule has 3 aromatic heterocycles. The molecule has 45 heavy (non-hydrogen) atoms. The topological polar surface area (TPSA) is 149 Å². The van der Waals surface area contributed by atoms with Gasteiger partial charge in [0.05, 0.1) is 28.5 Å². The lowest BCUT2D eigenvalue weighted by molar-refractivity contribution is 0.0945. The van der Waals surface area contributed by atoms with E-state index in [0.29, 0.717) is 59.4 Å². The molecule has 0 aliphatic rings. The van der Waals surface area contributed by atoms with E-state index in [1.54, 1.807) is 59.9 Å². The molecule has 0 saturated carbocycles. The number of nitrogens with zero attached hydrogens (tertiary/aromatic N) is 4. The molecule has 0 bridgehead atoms. The first kappa shape index (κ1) is 32.3. The van der Waals surface area contributed by atoms with Crippen LogP contribution in [0, 0.1) is 5.41 Å². The number of pyridine rings is 1. The zero-order chi connectivity index (χ0) is 32.5. The van der Waals surface area contributed by atoms with Crippen LogP contribution in [0.3, 0.4) is 0 Å². The minimum absolute atomic E-state index is 0.306. The van der Waals surface area contributed by atoms with E-state index in [4.69, 9.17) is 5.41 Å². The van der Waals surface area contributed by atoms with Crippen LogP contribution in [0.15, 0.2) is 67.1 Å². The molecule has 4 aromatic rings. The molecule has 12 heteroatoms. The third kappa shape index (κ3) is 8.69. The molecule has 0 atom stereocenters. The monoisotopic (exact) mass is 609 g/mol. The normalized spacial score (nSPS) is 10.9. The summed E-state index contributed by atoms with van der Waals surface area (Å²) >= 11 is 0. The number of amidine groups is 1. The van der Waals surface area contributed by atoms with Gasteiger partial charge in [0.2, 0.25) is 0 Å². The van der Waals surface area contributed by atoms with Crippen LogP contribution >= 0.6 is 0 Å². The van der Waals surface area contributed by atoms with Crippen molar-refractivity contribution in [2.45, 2.75) is 13.3 Å². The third-order valence-electron chi connectivity index (χ3n) is 6.95. The summed E-state index contributed by atoms with van der Waals surface area (Å²) in [5.74, 6) is -0.700. The van der Waals surface area contributed by atoms with Crippen LogP contribution in [-0.2, 0) is 14.1 Å². The van der Waals surface area contributed by atoms with Gasteiger partial charge >= 0.3 is 0 Å². The number of amides is 3. The van der Waals surface area contributed by atoms with E-state index < -0.39 is 5.91 Å². The quantitative estimate of drug-likeness (QED) is 0.120. The Bertz CT molecular complexity index is 1700. The van der Waals surface area contributed by atoms with Crippen LogP contribution in [0.4, 0.5) is 17.1 Å². The number of nitrogens with one attached hydrogen (secondary N) is 5. The van der Waals surface area contributed by atoms with Gasteiger partial charge in [0, 0.05) is 72.0 Å². The average Bonchev–Trinajstić information content (AvgIpc) is 3.57. The largest absolute Gasteiger partial charge is 0.378 e. The second-order valence-electron chi connectivity index (χ2n) is 10.7. The fourth-order valence-corrected chi connectivity index (χ4v) is 4.51. The first-order valence-corrected chi connectivity index (χ1v) is 14.5. The Hall–Kier alpha value is -5.65. The highest BCUT2D eigenvalue weighted by Gasteiger charge is 2.17. The van der Waals surface area contributed by atoms with Gasteiger partial charge in [-0.2, -0.15) is 0 Å². The van der Waals surface area contributed by atoms with E-state index in [2.05, 4.69) is 26.3 Å². The van der Waals surface area contributed by atoms with Crippen molar-refractivity contribution in [1.82, 2.24) is 24.8 Å². The number of hydrogen-bond donors (Lipinski definition) is 5. The van der Waals surface area contributed by atoms with Gasteiger partial charge < -0.3 is 35.3 Å². The maximum Gasteiger partial charge on any atom is 0.272 e. The number of carbonyl (C=O) groups is 3. The van der Waals surface area contributed by atoms with Gasteiger partial charge in [-0.1, -0.05) is 18.2 Å². The number of hydrogen-bond acceptors (Lipinski definition) is 6. The van der Waals surface area contributed by atoms with Gasteiger partial charge in [0.1, 0.15) is 11.4 Å². The maximum atomic E-state index is 13.0. The lowest BCUT2D eigenvalue weighted by Gasteiger charge is -2.11. The first-order chi connectivity index (χ1) is 21.5. The molecular formula is C33H39N9O3. The fourth-order valence-electron chi connectivity index (χ4n) is 4.51. The van der Waals surface area contributed by atoms with E-state index in [-0.39, 0.29) is 11.8 Å². The lowest BCUT2D eigenvalue weighted by atomic mass is 10.1. The van der Waals surface area contributed by atoms with Crippen molar-refractivity contribution in [2.24, 2.45) is 14.1 Å². The van der Waals surface area contributed by atoms with Crippen LogP contribution in [0.5, 0.6) is 0 Å². The summed E-state index contributed by atoms with van der Waals surface area (Å²) in [5, 5.41) is 19.1. The van der Waals surface area contributed by atoms with Crippen LogP contribution in [0.25, 0.3) is 12.2 Å². The highest BCUT2D eigenvalue weighted by atomic mass is 16.2. The fraction of sp³-hybridized carbons (Fsp3) is 0.242. The molecule has 0 saturated heterocycles. The second kappa shape index (κ2) is 14.7. The standard InChI is InChI=1S/C33H39N9O3/c1-6-35-30(34)15-16-36-32(44)28-17-26(21-41(28)4)39-33(45)29-18-25(20-42(29)5)38-31(43)23-10-12-24(37-19-23)11-7-22-8-13-27(14-9-22)40(2)3/h7-14,17-21H,6,15-16H2,1-5H3,(H2,34,35)(H,36,44)(H,38,43)(H,39,45)/b11-7+. The van der Waals surface area contributed by atoms with Crippen molar-refractivity contribution >= 4 is 52.8 Å². The first-order valence-electron chi connectivity index (χ1n) is 14.5. The lowest BCUT2D eigenvalue weighted by Crippen LogP contribution is -2.31. The molecule has 234 valence electrons. The van der Waals surface area contributed by atoms with E-state index >= 15 is 0 Å². The minimum atomic E-state index is -0.399. The molecular weight excluding hydrogens is 570 g/mol. The number of aromatic nitrogens is 3. The summed E-state index contributed by atoms with van der Waals surface area (Å²) in [6.45, 7) is 2.88. The number of anilines is 3. The van der Waals surface area contributed by atoms with Crippen LogP contribution < -0.4 is 26.2 Å². The highest BCUT2D eigenvalue weighted by Crippen LogP contribution is 2.19. The smallest absolute Gasteiger partial charge is 0.272 e. The molecule has 4 rings (SSSR count). The maximum absolute atomic E-state index is 13.0. The molecule has 1 aromatic carbocycles. The average molecular weight is 610 g/mol. The minimum Gasteiger partial charge on any atom is -0.378 e. The molecule has 0 radical (unpaired) electrons. The van der Waals surface area contributed by atoms with Crippen LogP contribution in [-0.4, -0.2) is 64.9 Å². The van der Waals surface area contributed by atoms with Crippen LogP contribution in [0.2, 0.25) is 0 Å². The molecule has 5 N–H and O–H groups in total. The van der Waals surface area contributed by atoms with Gasteiger partial charge in [-0.15, -0.1) is 0 Å². The van der Waals surface area contributed by atoms with Gasteiger partial charge in [-0.05, 0) is 55.0 Å². The summed E-state index contributed by atoms with van der Waals surface area (Å²) in [6, 6.07) is 14.8. The Morgan fingerprint density at radius 3 is 2.04 bits per heavy atom. The number of carbonyl (C=O) groups excluding carboxylic acids is 3. The van der Waals surface area contributed by atoms with Gasteiger partial charge in [0.25, 0.3) is 17.7 Å². The Morgan fingerprint density at radius 2 is 1.47 bits per heavy atom. The summed E-state index contributed by atoms with van der Waals surface area (Å²) in [5.41, 5.74) is 4.85.